The fraction of sp³-hybridized carbons (Fsp3) is 0.444. The smallest absolute Gasteiger partial charge is 0.231 e. The van der Waals surface area contributed by atoms with Crippen LogP contribution >= 0.6 is 27.7 Å². The molecular weight excluding hydrogens is 428 g/mol. The number of carbonyl (C=O) groups excluding carboxylic acids is 1. The molecule has 3 rings (SSSR count). The van der Waals surface area contributed by atoms with Gasteiger partial charge in [0.25, 0.3) is 0 Å². The highest BCUT2D eigenvalue weighted by Crippen LogP contribution is 2.29. The molecule has 7 nitrogen and oxygen atoms in total. The molecule has 0 atom stereocenters. The summed E-state index contributed by atoms with van der Waals surface area (Å²) < 4.78 is 2.24. The van der Waals surface area contributed by atoms with Crippen LogP contribution in [-0.4, -0.2) is 32.1 Å². The van der Waals surface area contributed by atoms with E-state index >= 15 is 0 Å². The Bertz CT molecular complexity index is 854. The Morgan fingerprint density at radius 1 is 1.30 bits per heavy atom. The molecule has 1 fully saturated rings. The number of nitrogens with one attached hydrogen (secondary N) is 1. The third kappa shape index (κ3) is 4.62. The Balaban J connectivity index is 1.64. The van der Waals surface area contributed by atoms with Gasteiger partial charge in [-0.15, -0.1) is 10.2 Å². The van der Waals surface area contributed by atoms with Gasteiger partial charge >= 0.3 is 0 Å². The second-order valence-electron chi connectivity index (χ2n) is 6.60. The molecule has 1 aliphatic rings. The van der Waals surface area contributed by atoms with Crippen molar-refractivity contribution in [2.24, 2.45) is 0 Å². The minimum absolute atomic E-state index is 0.134. The highest BCUT2D eigenvalue weighted by molar-refractivity contribution is 9.10. The lowest BCUT2D eigenvalue weighted by Gasteiger charge is -2.26. The number of halogens is 1. The van der Waals surface area contributed by atoms with Crippen LogP contribution in [0.3, 0.4) is 0 Å². The minimum Gasteiger partial charge on any atom is -0.337 e. The summed E-state index contributed by atoms with van der Waals surface area (Å²) in [6, 6.07) is 9.91. The van der Waals surface area contributed by atoms with Gasteiger partial charge in [0.05, 0.1) is 11.8 Å². The summed E-state index contributed by atoms with van der Waals surface area (Å²) in [6.45, 7) is 0. The molecule has 142 valence electrons. The van der Waals surface area contributed by atoms with Gasteiger partial charge in [-0.05, 0) is 25.0 Å². The highest BCUT2D eigenvalue weighted by atomic mass is 79.9. The zero-order chi connectivity index (χ0) is 19.3. The molecule has 1 aliphatic carbocycles. The Hall–Kier alpha value is -2.05. The van der Waals surface area contributed by atoms with E-state index in [9.17, 15) is 10.1 Å². The fourth-order valence-electron chi connectivity index (χ4n) is 3.23. The minimum atomic E-state index is -0.745. The molecule has 1 amide bonds. The number of benzene rings is 1. The summed E-state index contributed by atoms with van der Waals surface area (Å²) in [5.41, 5.74) is 0.0793. The lowest BCUT2D eigenvalue weighted by Crippen LogP contribution is -2.47. The monoisotopic (exact) mass is 448 g/mol. The number of hydrogen-bond donors (Lipinski definition) is 2. The molecule has 27 heavy (non-hydrogen) atoms. The number of carbonyl (C=O) groups is 1. The van der Waals surface area contributed by atoms with Gasteiger partial charge in [-0.25, -0.2) is 4.68 Å². The van der Waals surface area contributed by atoms with Crippen LogP contribution in [0.1, 0.15) is 38.5 Å². The van der Waals surface area contributed by atoms with Crippen molar-refractivity contribution < 1.29 is 4.79 Å². The zero-order valence-corrected chi connectivity index (χ0v) is 17.2. The number of amides is 1. The summed E-state index contributed by atoms with van der Waals surface area (Å²) in [7, 11) is 0. The molecule has 0 bridgehead atoms. The molecule has 1 saturated carbocycles. The summed E-state index contributed by atoms with van der Waals surface area (Å²) in [4.78, 5) is 12.4. The van der Waals surface area contributed by atoms with E-state index in [1.165, 1.54) is 16.4 Å². The van der Waals surface area contributed by atoms with Gasteiger partial charge in [-0.3, -0.25) is 4.79 Å². The first-order valence-corrected chi connectivity index (χ1v) is 10.6. The van der Waals surface area contributed by atoms with Crippen LogP contribution in [0.25, 0.3) is 11.4 Å². The van der Waals surface area contributed by atoms with Gasteiger partial charge in [-0.2, -0.15) is 5.26 Å². The number of nitrogens with zero attached hydrogens (tertiary/aromatic N) is 4. The van der Waals surface area contributed by atoms with Crippen molar-refractivity contribution in [1.29, 1.82) is 5.26 Å². The largest absolute Gasteiger partial charge is 0.337 e. The van der Waals surface area contributed by atoms with E-state index in [2.05, 4.69) is 37.5 Å². The van der Waals surface area contributed by atoms with Crippen molar-refractivity contribution in [3.8, 4) is 17.5 Å². The second kappa shape index (κ2) is 8.76. The lowest BCUT2D eigenvalue weighted by atomic mass is 9.92. The molecule has 1 aromatic carbocycles. The number of hydrogen-bond acceptors (Lipinski definition) is 6. The van der Waals surface area contributed by atoms with Gasteiger partial charge < -0.3 is 11.2 Å². The van der Waals surface area contributed by atoms with Crippen molar-refractivity contribution >= 4 is 33.6 Å². The van der Waals surface area contributed by atoms with Gasteiger partial charge in [-0.1, -0.05) is 65.5 Å². The Kier molecular flexibility index (Phi) is 6.39. The van der Waals surface area contributed by atoms with Gasteiger partial charge in [0.2, 0.25) is 11.1 Å². The molecule has 0 saturated heterocycles. The summed E-state index contributed by atoms with van der Waals surface area (Å²) in [5, 5.41) is 21.2. The molecule has 9 heteroatoms. The number of rotatable bonds is 5. The lowest BCUT2D eigenvalue weighted by molar-refractivity contribution is -0.120. The molecule has 2 aromatic rings. The zero-order valence-electron chi connectivity index (χ0n) is 14.8. The van der Waals surface area contributed by atoms with Crippen molar-refractivity contribution in [3.05, 3.63) is 28.7 Å². The van der Waals surface area contributed by atoms with Crippen molar-refractivity contribution in [3.63, 3.8) is 0 Å². The maximum absolute atomic E-state index is 12.4. The first kappa shape index (κ1) is 19.7. The molecule has 1 aromatic heterocycles. The second-order valence-corrected chi connectivity index (χ2v) is 8.40. The quantitative estimate of drug-likeness (QED) is 0.412. The van der Waals surface area contributed by atoms with E-state index in [-0.39, 0.29) is 11.7 Å². The number of thioether (sulfide) groups is 1. The predicted molar refractivity (Wildman–Crippen MR) is 108 cm³/mol. The van der Waals surface area contributed by atoms with Crippen LogP contribution < -0.4 is 11.2 Å². The third-order valence-corrected chi connectivity index (χ3v) is 6.30. The van der Waals surface area contributed by atoms with E-state index in [0.29, 0.717) is 23.8 Å². The number of aromatic nitrogens is 3. The highest BCUT2D eigenvalue weighted by Gasteiger charge is 2.32. The molecular formula is C18H21BrN6OS. The molecule has 1 heterocycles. The number of nitrogens with two attached hydrogens (primary N) is 1. The standard InChI is InChI=1S/C18H21BrN6OS/c19-14-8-4-3-7-13(14)16-23-24-17(25(16)21)27-11-15(26)22-18(12-20)9-5-1-2-6-10-18/h3-4,7-8H,1-2,5-6,9-11,21H2,(H,22,26). The Morgan fingerprint density at radius 2 is 2.00 bits per heavy atom. The Morgan fingerprint density at radius 3 is 2.67 bits per heavy atom. The first-order chi connectivity index (χ1) is 13.0. The van der Waals surface area contributed by atoms with Crippen LogP contribution in [0.4, 0.5) is 0 Å². The van der Waals surface area contributed by atoms with Crippen molar-refractivity contribution in [1.82, 2.24) is 20.2 Å². The van der Waals surface area contributed by atoms with E-state index < -0.39 is 5.54 Å². The van der Waals surface area contributed by atoms with E-state index in [4.69, 9.17) is 5.84 Å². The molecule has 0 unspecified atom stereocenters. The van der Waals surface area contributed by atoms with Crippen LogP contribution in [0, 0.1) is 11.3 Å². The van der Waals surface area contributed by atoms with Gasteiger partial charge in [0, 0.05) is 10.0 Å². The summed E-state index contributed by atoms with van der Waals surface area (Å²) in [6.07, 6.45) is 5.57. The van der Waals surface area contributed by atoms with Crippen LogP contribution in [0.15, 0.2) is 33.9 Å². The van der Waals surface area contributed by atoms with Crippen molar-refractivity contribution in [2.75, 3.05) is 11.6 Å². The normalized spacial score (nSPS) is 16.3. The van der Waals surface area contributed by atoms with E-state index in [1.807, 2.05) is 24.3 Å². The van der Waals surface area contributed by atoms with Crippen LogP contribution in [0.5, 0.6) is 0 Å². The van der Waals surface area contributed by atoms with Gasteiger partial charge in [0.15, 0.2) is 5.82 Å². The van der Waals surface area contributed by atoms with E-state index in [0.717, 1.165) is 35.7 Å². The third-order valence-electron chi connectivity index (χ3n) is 4.66. The van der Waals surface area contributed by atoms with Crippen molar-refractivity contribution in [2.45, 2.75) is 49.2 Å². The number of nitrogen functional groups attached to an aromatic ring is 1. The van der Waals surface area contributed by atoms with E-state index in [1.54, 1.807) is 0 Å². The maximum atomic E-state index is 12.4. The summed E-state index contributed by atoms with van der Waals surface area (Å²) >= 11 is 4.68. The first-order valence-electron chi connectivity index (χ1n) is 8.85. The van der Waals surface area contributed by atoms with Crippen LogP contribution in [-0.2, 0) is 4.79 Å². The molecule has 0 radical (unpaired) electrons. The number of nitriles is 1. The fourth-order valence-corrected chi connectivity index (χ4v) is 4.35. The maximum Gasteiger partial charge on any atom is 0.231 e. The molecule has 0 spiro atoms. The average molecular weight is 449 g/mol. The summed E-state index contributed by atoms with van der Waals surface area (Å²) in [5.74, 6) is 6.58. The Labute approximate surface area is 170 Å². The predicted octanol–water partition coefficient (Wildman–Crippen LogP) is 3.25. The van der Waals surface area contributed by atoms with Crippen LogP contribution in [0.2, 0.25) is 0 Å². The average Bonchev–Trinajstić information content (AvgIpc) is 2.88. The molecule has 3 N–H and O–H groups in total. The SMILES string of the molecule is N#CC1(NC(=O)CSc2nnc(-c3ccccc3Br)n2N)CCCCCC1. The topological polar surface area (TPSA) is 110 Å². The van der Waals surface area contributed by atoms with Gasteiger partial charge in [0.1, 0.15) is 5.54 Å². The molecule has 0 aliphatic heterocycles.